The van der Waals surface area contributed by atoms with E-state index < -0.39 is 0 Å². The molecule has 17 heavy (non-hydrogen) atoms. The molecule has 94 valence electrons. The Morgan fingerprint density at radius 2 is 1.94 bits per heavy atom. The van der Waals surface area contributed by atoms with E-state index in [1.165, 1.54) is 0 Å². The Balaban J connectivity index is 2.36. The molecule has 1 rings (SSSR count). The highest BCUT2D eigenvalue weighted by Crippen LogP contribution is 2.12. The summed E-state index contributed by atoms with van der Waals surface area (Å²) in [7, 11) is 0. The Kier molecular flexibility index (Phi) is 6.33. The van der Waals surface area contributed by atoms with Crippen LogP contribution in [0.1, 0.15) is 25.8 Å². The van der Waals surface area contributed by atoms with Crippen LogP contribution < -0.4 is 10.1 Å². The minimum Gasteiger partial charge on any atom is -0.492 e. The summed E-state index contributed by atoms with van der Waals surface area (Å²) >= 11 is 0. The predicted octanol–water partition coefficient (Wildman–Crippen LogP) is 2.20. The lowest BCUT2D eigenvalue weighted by Gasteiger charge is -2.07. The van der Waals surface area contributed by atoms with E-state index in [2.05, 4.69) is 12.2 Å². The smallest absolute Gasteiger partial charge is 0.136 e. The molecule has 3 heteroatoms. The van der Waals surface area contributed by atoms with Crippen molar-refractivity contribution in [2.45, 2.75) is 26.7 Å². The van der Waals surface area contributed by atoms with Gasteiger partial charge in [0.1, 0.15) is 18.1 Å². The zero-order chi connectivity index (χ0) is 12.5. The number of rotatable bonds is 8. The van der Waals surface area contributed by atoms with Crippen molar-refractivity contribution in [1.82, 2.24) is 5.32 Å². The van der Waals surface area contributed by atoms with E-state index in [0.717, 1.165) is 24.4 Å². The summed E-state index contributed by atoms with van der Waals surface area (Å²) in [5.41, 5.74) is 1.05. The summed E-state index contributed by atoms with van der Waals surface area (Å²) in [5, 5.41) is 3.19. The molecule has 0 aromatic heterocycles. The third-order valence-corrected chi connectivity index (χ3v) is 2.52. The van der Waals surface area contributed by atoms with Crippen molar-refractivity contribution in [3.63, 3.8) is 0 Å². The summed E-state index contributed by atoms with van der Waals surface area (Å²) in [6.45, 7) is 6.44. The lowest BCUT2D eigenvalue weighted by molar-refractivity contribution is -0.118. The van der Waals surface area contributed by atoms with Crippen LogP contribution in [0.5, 0.6) is 5.75 Å². The molecular weight excluding hydrogens is 214 g/mol. The summed E-state index contributed by atoms with van der Waals surface area (Å²) in [5.74, 6) is 1.13. The van der Waals surface area contributed by atoms with Crippen LogP contribution in [-0.2, 0) is 11.2 Å². The van der Waals surface area contributed by atoms with E-state index in [9.17, 15) is 4.79 Å². The fourth-order valence-electron chi connectivity index (χ4n) is 1.47. The van der Waals surface area contributed by atoms with Crippen LogP contribution in [0.4, 0.5) is 0 Å². The van der Waals surface area contributed by atoms with E-state index in [0.29, 0.717) is 19.4 Å². The first-order valence-electron chi connectivity index (χ1n) is 6.20. The van der Waals surface area contributed by atoms with E-state index in [4.69, 9.17) is 4.74 Å². The number of carbonyl (C=O) groups excluding carboxylic acids is 1. The van der Waals surface area contributed by atoms with Gasteiger partial charge in [0.15, 0.2) is 0 Å². The Morgan fingerprint density at radius 3 is 2.53 bits per heavy atom. The van der Waals surface area contributed by atoms with Crippen LogP contribution >= 0.6 is 0 Å². The zero-order valence-corrected chi connectivity index (χ0v) is 10.7. The number of hydrogen-bond acceptors (Lipinski definition) is 3. The van der Waals surface area contributed by atoms with Gasteiger partial charge in [0.25, 0.3) is 0 Å². The molecule has 0 unspecified atom stereocenters. The van der Waals surface area contributed by atoms with Gasteiger partial charge in [-0.2, -0.15) is 0 Å². The van der Waals surface area contributed by atoms with E-state index in [-0.39, 0.29) is 5.78 Å². The lowest BCUT2D eigenvalue weighted by atomic mass is 10.1. The van der Waals surface area contributed by atoms with Crippen molar-refractivity contribution in [3.8, 4) is 5.75 Å². The summed E-state index contributed by atoms with van der Waals surface area (Å²) in [6.07, 6.45) is 1.12. The van der Waals surface area contributed by atoms with Crippen molar-refractivity contribution in [1.29, 1.82) is 0 Å². The fourth-order valence-corrected chi connectivity index (χ4v) is 1.47. The number of likely N-dealkylation sites (N-methyl/N-ethyl adjacent to an activating group) is 1. The van der Waals surface area contributed by atoms with Gasteiger partial charge < -0.3 is 10.1 Å². The van der Waals surface area contributed by atoms with Crippen molar-refractivity contribution < 1.29 is 9.53 Å². The highest BCUT2D eigenvalue weighted by molar-refractivity contribution is 5.80. The molecule has 1 aromatic carbocycles. The number of ketones is 1. The number of hydrogen-bond donors (Lipinski definition) is 1. The van der Waals surface area contributed by atoms with Gasteiger partial charge in [-0.15, -0.1) is 0 Å². The molecule has 0 aliphatic carbocycles. The molecule has 0 radical (unpaired) electrons. The predicted molar refractivity (Wildman–Crippen MR) is 69.5 cm³/mol. The van der Waals surface area contributed by atoms with Crippen LogP contribution in [0.3, 0.4) is 0 Å². The normalized spacial score (nSPS) is 10.2. The monoisotopic (exact) mass is 235 g/mol. The van der Waals surface area contributed by atoms with Gasteiger partial charge in [-0.1, -0.05) is 26.0 Å². The van der Waals surface area contributed by atoms with E-state index >= 15 is 0 Å². The Morgan fingerprint density at radius 1 is 1.24 bits per heavy atom. The maximum atomic E-state index is 11.3. The van der Waals surface area contributed by atoms with E-state index in [1.807, 2.05) is 31.2 Å². The van der Waals surface area contributed by atoms with Gasteiger partial charge in [-0.05, 0) is 24.2 Å². The first-order valence-corrected chi connectivity index (χ1v) is 6.20. The number of ether oxygens (including phenoxy) is 1. The maximum Gasteiger partial charge on any atom is 0.136 e. The number of benzene rings is 1. The van der Waals surface area contributed by atoms with Gasteiger partial charge in [0, 0.05) is 19.4 Å². The third-order valence-electron chi connectivity index (χ3n) is 2.52. The zero-order valence-electron chi connectivity index (χ0n) is 10.7. The van der Waals surface area contributed by atoms with Gasteiger partial charge in [0.05, 0.1) is 0 Å². The SMILES string of the molecule is CCNCCOc1ccc(CC(=O)CC)cc1. The van der Waals surface area contributed by atoms with Gasteiger partial charge >= 0.3 is 0 Å². The largest absolute Gasteiger partial charge is 0.492 e. The molecule has 0 atom stereocenters. The van der Waals surface area contributed by atoms with Gasteiger partial charge in [0.2, 0.25) is 0 Å². The fraction of sp³-hybridized carbons (Fsp3) is 0.500. The molecule has 0 amide bonds. The second-order valence-corrected chi connectivity index (χ2v) is 3.91. The molecule has 3 nitrogen and oxygen atoms in total. The van der Waals surface area contributed by atoms with Crippen LogP contribution in [0, 0.1) is 0 Å². The quantitative estimate of drug-likeness (QED) is 0.702. The maximum absolute atomic E-state index is 11.3. The van der Waals surface area contributed by atoms with Gasteiger partial charge in [-0.3, -0.25) is 4.79 Å². The number of carbonyl (C=O) groups is 1. The first kappa shape index (κ1) is 13.7. The molecule has 1 N–H and O–H groups in total. The van der Waals surface area contributed by atoms with Crippen LogP contribution in [-0.4, -0.2) is 25.5 Å². The molecule has 0 saturated heterocycles. The van der Waals surface area contributed by atoms with Crippen LogP contribution in [0.2, 0.25) is 0 Å². The van der Waals surface area contributed by atoms with Gasteiger partial charge in [-0.25, -0.2) is 0 Å². The Hall–Kier alpha value is -1.35. The molecule has 1 aromatic rings. The average Bonchev–Trinajstić information content (AvgIpc) is 2.36. The molecule has 0 aliphatic rings. The number of nitrogens with one attached hydrogen (secondary N) is 1. The molecule has 0 bridgehead atoms. The Labute approximate surface area is 103 Å². The van der Waals surface area contributed by atoms with Crippen LogP contribution in [0.25, 0.3) is 0 Å². The molecule has 0 fully saturated rings. The topological polar surface area (TPSA) is 38.3 Å². The molecular formula is C14H21NO2. The number of Topliss-reactive ketones (excluding diaryl/α,β-unsaturated/α-hetero) is 1. The Bertz CT molecular complexity index is 333. The molecule has 0 aliphatic heterocycles. The van der Waals surface area contributed by atoms with E-state index in [1.54, 1.807) is 0 Å². The first-order chi connectivity index (χ1) is 8.26. The minimum absolute atomic E-state index is 0.269. The molecule has 0 heterocycles. The van der Waals surface area contributed by atoms with Crippen molar-refractivity contribution >= 4 is 5.78 Å². The standard InChI is InChI=1S/C14H21NO2/c1-3-13(16)11-12-5-7-14(8-6-12)17-10-9-15-4-2/h5-8,15H,3-4,9-11H2,1-2H3. The van der Waals surface area contributed by atoms with Crippen molar-refractivity contribution in [2.24, 2.45) is 0 Å². The molecule has 0 spiro atoms. The highest BCUT2D eigenvalue weighted by Gasteiger charge is 2.01. The summed E-state index contributed by atoms with van der Waals surface area (Å²) < 4.78 is 5.55. The van der Waals surface area contributed by atoms with Crippen molar-refractivity contribution in [2.75, 3.05) is 19.7 Å². The van der Waals surface area contributed by atoms with Crippen LogP contribution in [0.15, 0.2) is 24.3 Å². The second-order valence-electron chi connectivity index (χ2n) is 3.91. The van der Waals surface area contributed by atoms with Crippen molar-refractivity contribution in [3.05, 3.63) is 29.8 Å². The molecule has 0 saturated carbocycles. The summed E-state index contributed by atoms with van der Waals surface area (Å²) in [4.78, 5) is 11.3. The second kappa shape index (κ2) is 7.85. The summed E-state index contributed by atoms with van der Waals surface area (Å²) in [6, 6.07) is 7.75. The lowest BCUT2D eigenvalue weighted by Crippen LogP contribution is -2.20. The third kappa shape index (κ3) is 5.50. The highest BCUT2D eigenvalue weighted by atomic mass is 16.5. The average molecular weight is 235 g/mol. The minimum atomic E-state index is 0.269.